The highest BCUT2D eigenvalue weighted by atomic mass is 16.3. The smallest absolute Gasteiger partial charge is 0.0610 e. The molecular formula is C11H18O. The summed E-state index contributed by atoms with van der Waals surface area (Å²) in [6.07, 6.45) is 7.83. The van der Waals surface area contributed by atoms with Gasteiger partial charge < -0.3 is 5.11 Å². The van der Waals surface area contributed by atoms with Crippen LogP contribution in [0.15, 0.2) is 12.2 Å². The molecule has 2 rings (SSSR count). The number of hydrogen-bond acceptors (Lipinski definition) is 1. The van der Waals surface area contributed by atoms with E-state index < -0.39 is 0 Å². The molecular weight excluding hydrogens is 148 g/mol. The van der Waals surface area contributed by atoms with Crippen molar-refractivity contribution in [2.24, 2.45) is 17.3 Å². The maximum atomic E-state index is 9.81. The van der Waals surface area contributed by atoms with Gasteiger partial charge in [-0.05, 0) is 30.6 Å². The fourth-order valence-electron chi connectivity index (χ4n) is 2.99. The minimum absolute atomic E-state index is 0.0819. The number of aliphatic hydroxyl groups is 1. The van der Waals surface area contributed by atoms with Crippen LogP contribution in [0, 0.1) is 17.3 Å². The summed E-state index contributed by atoms with van der Waals surface area (Å²) >= 11 is 0. The van der Waals surface area contributed by atoms with Gasteiger partial charge in [0.2, 0.25) is 0 Å². The lowest BCUT2D eigenvalue weighted by Gasteiger charge is -2.31. The first kappa shape index (κ1) is 8.31. The van der Waals surface area contributed by atoms with Crippen molar-refractivity contribution >= 4 is 0 Å². The lowest BCUT2D eigenvalue weighted by atomic mass is 9.74. The quantitative estimate of drug-likeness (QED) is 0.548. The Morgan fingerprint density at radius 1 is 1.42 bits per heavy atom. The van der Waals surface area contributed by atoms with Crippen molar-refractivity contribution in [2.75, 3.05) is 0 Å². The molecule has 1 nitrogen and oxygen atoms in total. The molecule has 1 N–H and O–H groups in total. The van der Waals surface area contributed by atoms with Crippen molar-refractivity contribution < 1.29 is 5.11 Å². The van der Waals surface area contributed by atoms with Gasteiger partial charge in [-0.25, -0.2) is 0 Å². The van der Waals surface area contributed by atoms with E-state index in [1.54, 1.807) is 0 Å². The zero-order valence-corrected chi connectivity index (χ0v) is 7.96. The van der Waals surface area contributed by atoms with Crippen LogP contribution in [0.1, 0.15) is 33.1 Å². The van der Waals surface area contributed by atoms with E-state index in [1.165, 1.54) is 12.8 Å². The van der Waals surface area contributed by atoms with Crippen LogP contribution in [0.3, 0.4) is 0 Å². The summed E-state index contributed by atoms with van der Waals surface area (Å²) in [4.78, 5) is 0. The van der Waals surface area contributed by atoms with Crippen LogP contribution in [0.5, 0.6) is 0 Å². The van der Waals surface area contributed by atoms with Crippen LogP contribution in [-0.2, 0) is 0 Å². The summed E-state index contributed by atoms with van der Waals surface area (Å²) in [6, 6.07) is 0. The molecule has 0 aliphatic heterocycles. The molecule has 0 radical (unpaired) electrons. The Labute approximate surface area is 74.5 Å². The Kier molecular flexibility index (Phi) is 1.80. The van der Waals surface area contributed by atoms with Crippen molar-refractivity contribution in [1.82, 2.24) is 0 Å². The zero-order valence-electron chi connectivity index (χ0n) is 7.96. The number of fused-ring (bicyclic) bond motifs is 1. The molecule has 0 aromatic carbocycles. The molecule has 0 amide bonds. The van der Waals surface area contributed by atoms with Crippen LogP contribution in [-0.4, -0.2) is 11.2 Å². The normalized spacial score (nSPS) is 44.4. The van der Waals surface area contributed by atoms with Gasteiger partial charge in [0.25, 0.3) is 0 Å². The number of aliphatic hydroxyl groups excluding tert-OH is 1. The van der Waals surface area contributed by atoms with Gasteiger partial charge in [-0.1, -0.05) is 26.0 Å². The second-order valence-electron chi connectivity index (χ2n) is 4.95. The zero-order chi connectivity index (χ0) is 8.77. The Balaban J connectivity index is 2.25. The molecule has 1 saturated carbocycles. The van der Waals surface area contributed by atoms with Crippen LogP contribution in [0.2, 0.25) is 0 Å². The van der Waals surface area contributed by atoms with Crippen LogP contribution in [0.4, 0.5) is 0 Å². The minimum atomic E-state index is -0.0819. The van der Waals surface area contributed by atoms with E-state index >= 15 is 0 Å². The molecule has 1 heteroatoms. The summed E-state index contributed by atoms with van der Waals surface area (Å²) in [5.74, 6) is 1.17. The van der Waals surface area contributed by atoms with Gasteiger partial charge in [0.05, 0.1) is 6.10 Å². The van der Waals surface area contributed by atoms with E-state index in [0.717, 1.165) is 12.3 Å². The molecule has 0 saturated heterocycles. The predicted octanol–water partition coefficient (Wildman–Crippen LogP) is 2.36. The second kappa shape index (κ2) is 2.59. The van der Waals surface area contributed by atoms with E-state index in [9.17, 15) is 5.11 Å². The third kappa shape index (κ3) is 1.11. The molecule has 68 valence electrons. The summed E-state index contributed by atoms with van der Waals surface area (Å²) in [7, 11) is 0. The van der Waals surface area contributed by atoms with Gasteiger partial charge in [-0.2, -0.15) is 0 Å². The molecule has 1 fully saturated rings. The Bertz CT molecular complexity index is 205. The minimum Gasteiger partial charge on any atom is -0.392 e. The van der Waals surface area contributed by atoms with Gasteiger partial charge in [0, 0.05) is 5.92 Å². The summed E-state index contributed by atoms with van der Waals surface area (Å²) < 4.78 is 0. The SMILES string of the molecule is CC1(C)C[C@H](O)[C@H]2C=CCC[C@@H]21. The van der Waals surface area contributed by atoms with Crippen LogP contribution in [0.25, 0.3) is 0 Å². The van der Waals surface area contributed by atoms with Crippen molar-refractivity contribution in [3.8, 4) is 0 Å². The Hall–Kier alpha value is -0.300. The monoisotopic (exact) mass is 166 g/mol. The van der Waals surface area contributed by atoms with Crippen molar-refractivity contribution in [1.29, 1.82) is 0 Å². The molecule has 3 atom stereocenters. The molecule has 12 heavy (non-hydrogen) atoms. The fraction of sp³-hybridized carbons (Fsp3) is 0.818. The van der Waals surface area contributed by atoms with Gasteiger partial charge in [0.15, 0.2) is 0 Å². The summed E-state index contributed by atoms with van der Waals surface area (Å²) in [5, 5.41) is 9.81. The highest BCUT2D eigenvalue weighted by molar-refractivity contribution is 5.08. The van der Waals surface area contributed by atoms with E-state index in [2.05, 4.69) is 26.0 Å². The maximum Gasteiger partial charge on any atom is 0.0610 e. The van der Waals surface area contributed by atoms with E-state index in [-0.39, 0.29) is 6.10 Å². The molecule has 0 heterocycles. The van der Waals surface area contributed by atoms with Crippen molar-refractivity contribution in [3.63, 3.8) is 0 Å². The summed E-state index contributed by atoms with van der Waals surface area (Å²) in [6.45, 7) is 4.58. The van der Waals surface area contributed by atoms with Gasteiger partial charge in [-0.15, -0.1) is 0 Å². The largest absolute Gasteiger partial charge is 0.392 e. The molecule has 0 aromatic rings. The average molecular weight is 166 g/mol. The first-order valence-corrected chi connectivity index (χ1v) is 4.96. The molecule has 0 spiro atoms. The first-order valence-electron chi connectivity index (χ1n) is 4.96. The van der Waals surface area contributed by atoms with Crippen LogP contribution >= 0.6 is 0 Å². The van der Waals surface area contributed by atoms with Gasteiger partial charge in [-0.3, -0.25) is 0 Å². The first-order chi connectivity index (χ1) is 5.61. The van der Waals surface area contributed by atoms with Gasteiger partial charge >= 0.3 is 0 Å². The van der Waals surface area contributed by atoms with Crippen molar-refractivity contribution in [2.45, 2.75) is 39.2 Å². The average Bonchev–Trinajstić information content (AvgIpc) is 2.25. The molecule has 0 unspecified atom stereocenters. The topological polar surface area (TPSA) is 20.2 Å². The lowest BCUT2D eigenvalue weighted by Crippen LogP contribution is -2.24. The Morgan fingerprint density at radius 3 is 2.83 bits per heavy atom. The third-order valence-electron chi connectivity index (χ3n) is 3.65. The highest BCUT2D eigenvalue weighted by Gasteiger charge is 2.46. The van der Waals surface area contributed by atoms with E-state index in [1.807, 2.05) is 0 Å². The fourth-order valence-corrected chi connectivity index (χ4v) is 2.99. The third-order valence-corrected chi connectivity index (χ3v) is 3.65. The number of allylic oxidation sites excluding steroid dienone is 1. The molecule has 0 bridgehead atoms. The number of hydrogen-bond donors (Lipinski definition) is 1. The number of rotatable bonds is 0. The van der Waals surface area contributed by atoms with Crippen molar-refractivity contribution in [3.05, 3.63) is 12.2 Å². The van der Waals surface area contributed by atoms with Crippen LogP contribution < -0.4 is 0 Å². The lowest BCUT2D eigenvalue weighted by molar-refractivity contribution is 0.138. The molecule has 0 aromatic heterocycles. The Morgan fingerprint density at radius 2 is 2.17 bits per heavy atom. The molecule has 2 aliphatic rings. The maximum absolute atomic E-state index is 9.81. The standard InChI is InChI=1S/C11H18O/c1-11(2)7-10(12)8-5-3-4-6-9(8)11/h3,5,8-10,12H,4,6-7H2,1-2H3/t8-,9-,10-/m0/s1. The highest BCUT2D eigenvalue weighted by Crippen LogP contribution is 2.50. The van der Waals surface area contributed by atoms with E-state index in [4.69, 9.17) is 0 Å². The second-order valence-corrected chi connectivity index (χ2v) is 4.95. The van der Waals surface area contributed by atoms with E-state index in [0.29, 0.717) is 11.3 Å². The predicted molar refractivity (Wildman–Crippen MR) is 49.8 cm³/mol. The van der Waals surface area contributed by atoms with Gasteiger partial charge in [0.1, 0.15) is 0 Å². The molecule has 2 aliphatic carbocycles. The summed E-state index contributed by atoms with van der Waals surface area (Å²) in [5.41, 5.74) is 0.356.